The van der Waals surface area contributed by atoms with E-state index in [1.807, 2.05) is 0 Å². The van der Waals surface area contributed by atoms with E-state index < -0.39 is 16.3 Å². The minimum Gasteiger partial charge on any atom is -0.324 e. The van der Waals surface area contributed by atoms with Crippen LogP contribution in [0.2, 0.25) is 0 Å². The zero-order valence-electron chi connectivity index (χ0n) is 10.4. The molecule has 1 heterocycles. The first-order valence-electron chi connectivity index (χ1n) is 5.92. The van der Waals surface area contributed by atoms with Gasteiger partial charge in [0.1, 0.15) is 5.82 Å². The molecule has 7 heteroatoms. The number of halogens is 1. The Labute approximate surface area is 109 Å². The second kappa shape index (κ2) is 4.93. The molecule has 1 atom stereocenters. The summed E-state index contributed by atoms with van der Waals surface area (Å²) in [6.07, 6.45) is 1.56. The second-order valence-corrected chi connectivity index (χ2v) is 4.77. The molecule has 19 heavy (non-hydrogen) atoms. The molecule has 0 aliphatic carbocycles. The summed E-state index contributed by atoms with van der Waals surface area (Å²) < 4.78 is 13.2. The molecular weight excluding hydrogens is 253 g/mol. The van der Waals surface area contributed by atoms with Crippen LogP contribution in [0.1, 0.15) is 19.8 Å². The summed E-state index contributed by atoms with van der Waals surface area (Å²) in [5, 5.41) is 16.2. The first-order chi connectivity index (χ1) is 8.90. The molecule has 1 aliphatic rings. The van der Waals surface area contributed by atoms with E-state index in [1.54, 1.807) is 6.92 Å². The maximum atomic E-state index is 13.2. The van der Waals surface area contributed by atoms with Crippen molar-refractivity contribution >= 4 is 17.3 Å². The monoisotopic (exact) mass is 267 g/mol. The van der Waals surface area contributed by atoms with Crippen LogP contribution in [-0.4, -0.2) is 22.9 Å². The van der Waals surface area contributed by atoms with Gasteiger partial charge in [-0.25, -0.2) is 4.39 Å². The fourth-order valence-corrected chi connectivity index (χ4v) is 2.11. The number of hydrogen-bond acceptors (Lipinski definition) is 4. The minimum atomic E-state index is -0.756. The van der Waals surface area contributed by atoms with Crippen molar-refractivity contribution in [2.24, 2.45) is 0 Å². The van der Waals surface area contributed by atoms with Crippen molar-refractivity contribution in [3.05, 3.63) is 34.1 Å². The summed E-state index contributed by atoms with van der Waals surface area (Å²) in [5.74, 6) is -1.07. The summed E-state index contributed by atoms with van der Waals surface area (Å²) in [4.78, 5) is 22.0. The lowest BCUT2D eigenvalue weighted by molar-refractivity contribution is -0.385. The zero-order chi connectivity index (χ0) is 14.0. The molecule has 1 aliphatic heterocycles. The third-order valence-corrected chi connectivity index (χ3v) is 3.22. The number of nitro benzene ring substituents is 1. The molecule has 102 valence electrons. The van der Waals surface area contributed by atoms with Gasteiger partial charge in [-0.3, -0.25) is 14.9 Å². The Kier molecular flexibility index (Phi) is 3.48. The first-order valence-corrected chi connectivity index (χ1v) is 5.92. The number of non-ortho nitro benzene ring substituents is 1. The van der Waals surface area contributed by atoms with Gasteiger partial charge in [-0.05, 0) is 32.4 Å². The number of nitro groups is 1. The van der Waals surface area contributed by atoms with Crippen molar-refractivity contribution in [3.63, 3.8) is 0 Å². The summed E-state index contributed by atoms with van der Waals surface area (Å²) in [6.45, 7) is 2.50. The average molecular weight is 267 g/mol. The summed E-state index contributed by atoms with van der Waals surface area (Å²) in [7, 11) is 0. The molecule has 1 amide bonds. The molecule has 2 N–H and O–H groups in total. The molecule has 0 spiro atoms. The van der Waals surface area contributed by atoms with Crippen molar-refractivity contribution in [1.82, 2.24) is 5.32 Å². The Morgan fingerprint density at radius 1 is 1.53 bits per heavy atom. The highest BCUT2D eigenvalue weighted by molar-refractivity contribution is 5.98. The normalized spacial score (nSPS) is 22.2. The maximum Gasteiger partial charge on any atom is 0.274 e. The van der Waals surface area contributed by atoms with E-state index in [4.69, 9.17) is 0 Å². The number of carbonyl (C=O) groups excluding carboxylic acids is 1. The van der Waals surface area contributed by atoms with Crippen LogP contribution in [0, 0.1) is 15.9 Å². The number of anilines is 1. The van der Waals surface area contributed by atoms with Gasteiger partial charge in [-0.1, -0.05) is 0 Å². The van der Waals surface area contributed by atoms with Gasteiger partial charge >= 0.3 is 0 Å². The summed E-state index contributed by atoms with van der Waals surface area (Å²) in [5.41, 5.74) is -1.01. The molecule has 1 unspecified atom stereocenters. The van der Waals surface area contributed by atoms with E-state index in [9.17, 15) is 19.3 Å². The topological polar surface area (TPSA) is 84.3 Å². The highest BCUT2D eigenvalue weighted by Crippen LogP contribution is 2.24. The van der Waals surface area contributed by atoms with Crippen LogP contribution in [0.25, 0.3) is 0 Å². The van der Waals surface area contributed by atoms with Crippen LogP contribution < -0.4 is 10.6 Å². The molecule has 2 rings (SSSR count). The van der Waals surface area contributed by atoms with Gasteiger partial charge in [-0.2, -0.15) is 0 Å². The standard InChI is InChI=1S/C12H14FN3O3/c1-12(3-2-4-14-12)11(17)15-9-5-8(13)6-10(7-9)16(18)19/h5-7,14H,2-4H2,1H3,(H,15,17). The number of carbonyl (C=O) groups is 1. The zero-order valence-corrected chi connectivity index (χ0v) is 10.4. The maximum absolute atomic E-state index is 13.2. The van der Waals surface area contributed by atoms with Crippen molar-refractivity contribution in [1.29, 1.82) is 0 Å². The highest BCUT2D eigenvalue weighted by atomic mass is 19.1. The second-order valence-electron chi connectivity index (χ2n) is 4.77. The number of nitrogens with zero attached hydrogens (tertiary/aromatic N) is 1. The van der Waals surface area contributed by atoms with Crippen LogP contribution in [0.5, 0.6) is 0 Å². The van der Waals surface area contributed by atoms with Crippen molar-refractivity contribution < 1.29 is 14.1 Å². The lowest BCUT2D eigenvalue weighted by atomic mass is 9.99. The van der Waals surface area contributed by atoms with Gasteiger partial charge in [0.25, 0.3) is 5.69 Å². The van der Waals surface area contributed by atoms with Crippen LogP contribution in [0.3, 0.4) is 0 Å². The highest BCUT2D eigenvalue weighted by Gasteiger charge is 2.36. The van der Waals surface area contributed by atoms with E-state index in [-0.39, 0.29) is 17.3 Å². The van der Waals surface area contributed by atoms with E-state index in [0.717, 1.165) is 31.2 Å². The van der Waals surface area contributed by atoms with Crippen LogP contribution in [-0.2, 0) is 4.79 Å². The molecular formula is C12H14FN3O3. The average Bonchev–Trinajstić information content (AvgIpc) is 2.76. The van der Waals surface area contributed by atoms with Crippen molar-refractivity contribution in [2.45, 2.75) is 25.3 Å². The minimum absolute atomic E-state index is 0.0895. The molecule has 1 saturated heterocycles. The summed E-state index contributed by atoms with van der Waals surface area (Å²) >= 11 is 0. The predicted molar refractivity (Wildman–Crippen MR) is 67.3 cm³/mol. The number of benzene rings is 1. The van der Waals surface area contributed by atoms with E-state index in [0.29, 0.717) is 6.42 Å². The SMILES string of the molecule is CC1(C(=O)Nc2cc(F)cc([N+](=O)[O-])c2)CCCN1. The van der Waals surface area contributed by atoms with Crippen molar-refractivity contribution in [2.75, 3.05) is 11.9 Å². The fourth-order valence-electron chi connectivity index (χ4n) is 2.11. The Balaban J connectivity index is 2.19. The molecule has 0 bridgehead atoms. The van der Waals surface area contributed by atoms with E-state index in [2.05, 4.69) is 10.6 Å². The van der Waals surface area contributed by atoms with Gasteiger partial charge in [0.15, 0.2) is 0 Å². The molecule has 0 saturated carbocycles. The number of amides is 1. The van der Waals surface area contributed by atoms with Gasteiger partial charge in [0.2, 0.25) is 5.91 Å². The molecule has 0 aromatic heterocycles. The lowest BCUT2D eigenvalue weighted by Crippen LogP contribution is -2.47. The molecule has 6 nitrogen and oxygen atoms in total. The van der Waals surface area contributed by atoms with Gasteiger partial charge in [0, 0.05) is 6.07 Å². The van der Waals surface area contributed by atoms with Crippen molar-refractivity contribution in [3.8, 4) is 0 Å². The largest absolute Gasteiger partial charge is 0.324 e. The Hall–Kier alpha value is -2.02. The van der Waals surface area contributed by atoms with Crippen LogP contribution in [0.15, 0.2) is 18.2 Å². The number of hydrogen-bond donors (Lipinski definition) is 2. The Morgan fingerprint density at radius 3 is 2.84 bits per heavy atom. The van der Waals surface area contributed by atoms with Crippen LogP contribution in [0.4, 0.5) is 15.8 Å². The lowest BCUT2D eigenvalue weighted by Gasteiger charge is -2.22. The Bertz CT molecular complexity index is 527. The van der Waals surface area contributed by atoms with Crippen LogP contribution >= 0.6 is 0 Å². The smallest absolute Gasteiger partial charge is 0.274 e. The third-order valence-electron chi connectivity index (χ3n) is 3.22. The fraction of sp³-hybridized carbons (Fsp3) is 0.417. The number of nitrogens with one attached hydrogen (secondary N) is 2. The van der Waals surface area contributed by atoms with Gasteiger partial charge in [0.05, 0.1) is 22.2 Å². The first kappa shape index (κ1) is 13.4. The summed E-state index contributed by atoms with van der Waals surface area (Å²) in [6, 6.07) is 3.01. The van der Waals surface area contributed by atoms with Gasteiger partial charge < -0.3 is 10.6 Å². The molecule has 0 radical (unpaired) electrons. The predicted octanol–water partition coefficient (Wildman–Crippen LogP) is 1.81. The molecule has 1 aromatic rings. The van der Waals surface area contributed by atoms with E-state index in [1.165, 1.54) is 0 Å². The van der Waals surface area contributed by atoms with E-state index >= 15 is 0 Å². The quantitative estimate of drug-likeness (QED) is 0.646. The Morgan fingerprint density at radius 2 is 2.26 bits per heavy atom. The molecule has 1 fully saturated rings. The number of rotatable bonds is 3. The third kappa shape index (κ3) is 2.87. The van der Waals surface area contributed by atoms with Gasteiger partial charge in [-0.15, -0.1) is 0 Å². The molecule has 1 aromatic carbocycles.